The van der Waals surface area contributed by atoms with Gasteiger partial charge in [0, 0.05) is 38.3 Å². The SMILES string of the molecule is CC1(C)c2ccccc2-c2cc3c(cc21)-c1ccc(-c2cccc(-c4ccc(-c5cc(-c6ccc7c(c6)oc6ccccc67)nc(-c6ccccc6)n5)cc4)c2)cc1C3(C)C. The van der Waals surface area contributed by atoms with Crippen molar-refractivity contribution in [2.75, 3.05) is 0 Å². The second-order valence-corrected chi connectivity index (χ2v) is 17.8. The van der Waals surface area contributed by atoms with E-state index in [9.17, 15) is 0 Å². The largest absolute Gasteiger partial charge is 0.456 e. The lowest BCUT2D eigenvalue weighted by Gasteiger charge is -2.24. The van der Waals surface area contributed by atoms with Gasteiger partial charge in [0.25, 0.3) is 0 Å². The van der Waals surface area contributed by atoms with Gasteiger partial charge in [-0.25, -0.2) is 9.97 Å². The van der Waals surface area contributed by atoms with Crippen LogP contribution < -0.4 is 0 Å². The zero-order chi connectivity index (χ0) is 41.0. The van der Waals surface area contributed by atoms with Gasteiger partial charge in [-0.15, -0.1) is 0 Å². The first-order valence-electron chi connectivity index (χ1n) is 21.2. The van der Waals surface area contributed by atoms with E-state index in [0.29, 0.717) is 5.82 Å². The van der Waals surface area contributed by atoms with Crippen LogP contribution >= 0.6 is 0 Å². The highest BCUT2D eigenvalue weighted by molar-refractivity contribution is 6.06. The first kappa shape index (κ1) is 35.6. The Balaban J connectivity index is 0.876. The summed E-state index contributed by atoms with van der Waals surface area (Å²) in [5.74, 6) is 0.688. The lowest BCUT2D eigenvalue weighted by molar-refractivity contribution is 0.652. The zero-order valence-electron chi connectivity index (χ0n) is 34.6. The molecule has 3 nitrogen and oxygen atoms in total. The minimum absolute atomic E-state index is 0.0262. The number of aromatic nitrogens is 2. The van der Waals surface area contributed by atoms with E-state index in [1.807, 2.05) is 36.4 Å². The summed E-state index contributed by atoms with van der Waals surface area (Å²) in [6.45, 7) is 9.52. The third kappa shape index (κ3) is 5.50. The van der Waals surface area contributed by atoms with Gasteiger partial charge in [0.05, 0.1) is 11.4 Å². The maximum absolute atomic E-state index is 6.26. The Labute approximate surface area is 356 Å². The molecule has 0 saturated heterocycles. The molecule has 0 amide bonds. The summed E-state index contributed by atoms with van der Waals surface area (Å²) >= 11 is 0. The number of hydrogen-bond donors (Lipinski definition) is 0. The molecule has 8 aromatic carbocycles. The molecule has 10 aromatic rings. The molecule has 0 radical (unpaired) electrons. The molecule has 2 aliphatic carbocycles. The fourth-order valence-corrected chi connectivity index (χ4v) is 10.2. The summed E-state index contributed by atoms with van der Waals surface area (Å²) in [6, 6.07) is 65.6. The summed E-state index contributed by atoms with van der Waals surface area (Å²) in [6.07, 6.45) is 0. The number of hydrogen-bond acceptors (Lipinski definition) is 3. The Morgan fingerprint density at radius 1 is 0.328 bits per heavy atom. The van der Waals surface area contributed by atoms with Crippen molar-refractivity contribution in [2.45, 2.75) is 38.5 Å². The van der Waals surface area contributed by atoms with Crippen LogP contribution in [0.5, 0.6) is 0 Å². The maximum atomic E-state index is 6.26. The van der Waals surface area contributed by atoms with Crippen LogP contribution in [0.2, 0.25) is 0 Å². The number of para-hydroxylation sites is 1. The van der Waals surface area contributed by atoms with E-state index in [0.717, 1.165) is 55.6 Å². The number of rotatable bonds is 5. The van der Waals surface area contributed by atoms with E-state index in [1.165, 1.54) is 61.2 Å². The lowest BCUT2D eigenvalue weighted by atomic mass is 9.79. The molecule has 0 atom stereocenters. The van der Waals surface area contributed by atoms with Crippen molar-refractivity contribution in [3.63, 3.8) is 0 Å². The minimum Gasteiger partial charge on any atom is -0.456 e. The van der Waals surface area contributed by atoms with Gasteiger partial charge in [0.2, 0.25) is 0 Å². The summed E-state index contributed by atoms with van der Waals surface area (Å²) in [5, 5.41) is 2.21. The predicted octanol–water partition coefficient (Wildman–Crippen LogP) is 15.3. The molecule has 3 heteroatoms. The Bertz CT molecular complexity index is 3410. The van der Waals surface area contributed by atoms with Gasteiger partial charge in [0.1, 0.15) is 11.2 Å². The normalized spacial score (nSPS) is 14.2. The molecule has 61 heavy (non-hydrogen) atoms. The number of nitrogens with zero attached hydrogens (tertiary/aromatic N) is 2. The Morgan fingerprint density at radius 2 is 0.869 bits per heavy atom. The topological polar surface area (TPSA) is 38.9 Å². The van der Waals surface area contributed by atoms with Crippen molar-refractivity contribution in [1.82, 2.24) is 9.97 Å². The Hall–Kier alpha value is -7.36. The van der Waals surface area contributed by atoms with E-state index >= 15 is 0 Å². The molecule has 0 unspecified atom stereocenters. The van der Waals surface area contributed by atoms with Crippen LogP contribution in [-0.4, -0.2) is 9.97 Å². The maximum Gasteiger partial charge on any atom is 0.160 e. The highest BCUT2D eigenvalue weighted by Gasteiger charge is 2.41. The van der Waals surface area contributed by atoms with E-state index in [2.05, 4.69) is 173 Å². The molecule has 2 heterocycles. The molecule has 0 bridgehead atoms. The summed E-state index contributed by atoms with van der Waals surface area (Å²) in [7, 11) is 0. The van der Waals surface area contributed by atoms with E-state index in [-0.39, 0.29) is 10.8 Å². The second kappa shape index (κ2) is 13.1. The van der Waals surface area contributed by atoms with Crippen LogP contribution in [0, 0.1) is 0 Å². The smallest absolute Gasteiger partial charge is 0.160 e. The molecule has 2 aromatic heterocycles. The Kier molecular flexibility index (Phi) is 7.62. The highest BCUT2D eigenvalue weighted by Crippen LogP contribution is 2.56. The van der Waals surface area contributed by atoms with Crippen molar-refractivity contribution < 1.29 is 4.42 Å². The molecular formula is C58H42N2O. The van der Waals surface area contributed by atoms with Crippen molar-refractivity contribution in [3.05, 3.63) is 204 Å². The van der Waals surface area contributed by atoms with Gasteiger partial charge in [-0.2, -0.15) is 0 Å². The van der Waals surface area contributed by atoms with E-state index < -0.39 is 0 Å². The van der Waals surface area contributed by atoms with Crippen LogP contribution in [-0.2, 0) is 10.8 Å². The minimum atomic E-state index is -0.119. The molecule has 12 rings (SSSR count). The fraction of sp³-hybridized carbons (Fsp3) is 0.103. The third-order valence-corrected chi connectivity index (χ3v) is 13.5. The molecule has 0 N–H and O–H groups in total. The number of fused-ring (bicyclic) bond motifs is 9. The van der Waals surface area contributed by atoms with Gasteiger partial charge >= 0.3 is 0 Å². The fourth-order valence-electron chi connectivity index (χ4n) is 10.2. The van der Waals surface area contributed by atoms with Crippen molar-refractivity contribution in [2.24, 2.45) is 0 Å². The number of furan rings is 1. The van der Waals surface area contributed by atoms with Crippen LogP contribution in [0.15, 0.2) is 186 Å². The first-order valence-corrected chi connectivity index (χ1v) is 21.2. The van der Waals surface area contributed by atoms with Crippen molar-refractivity contribution in [1.29, 1.82) is 0 Å². The molecule has 0 spiro atoms. The molecule has 0 fully saturated rings. The van der Waals surface area contributed by atoms with Gasteiger partial charge < -0.3 is 4.42 Å². The number of benzene rings is 8. The average Bonchev–Trinajstić information content (AvgIpc) is 3.87. The lowest BCUT2D eigenvalue weighted by Crippen LogP contribution is -2.17. The second-order valence-electron chi connectivity index (χ2n) is 17.8. The van der Waals surface area contributed by atoms with Gasteiger partial charge in [-0.3, -0.25) is 0 Å². The zero-order valence-corrected chi connectivity index (χ0v) is 34.6. The summed E-state index contributed by atoms with van der Waals surface area (Å²) < 4.78 is 6.26. The highest BCUT2D eigenvalue weighted by atomic mass is 16.3. The quantitative estimate of drug-likeness (QED) is 0.175. The average molecular weight is 783 g/mol. The Morgan fingerprint density at radius 3 is 1.66 bits per heavy atom. The van der Waals surface area contributed by atoms with Crippen LogP contribution in [0.4, 0.5) is 0 Å². The molecule has 0 aliphatic heterocycles. The summed E-state index contributed by atoms with van der Waals surface area (Å²) in [4.78, 5) is 10.2. The van der Waals surface area contributed by atoms with Crippen LogP contribution in [0.1, 0.15) is 49.9 Å². The van der Waals surface area contributed by atoms with Gasteiger partial charge in [-0.05, 0) is 115 Å². The van der Waals surface area contributed by atoms with Crippen molar-refractivity contribution in [3.8, 4) is 78.4 Å². The summed E-state index contributed by atoms with van der Waals surface area (Å²) in [5.41, 5.74) is 22.2. The first-order chi connectivity index (χ1) is 29.7. The van der Waals surface area contributed by atoms with Crippen LogP contribution in [0.3, 0.4) is 0 Å². The predicted molar refractivity (Wildman–Crippen MR) is 252 cm³/mol. The standard InChI is InChI=1S/C58H42N2O/c1-57(2)48-19-10-8-17-42(48)46-32-51-47(33-50(46)57)43-27-25-40(30-49(43)58(51,3)4)39-16-12-15-38(29-39)35-21-23-36(24-22-35)52-34-53(60-56(59-52)37-13-6-5-7-14-37)41-26-28-45-44-18-9-11-20-54(44)61-55(45)31-41/h5-34H,1-4H3. The van der Waals surface area contributed by atoms with Gasteiger partial charge in [-0.1, -0.05) is 161 Å². The third-order valence-electron chi connectivity index (χ3n) is 13.5. The van der Waals surface area contributed by atoms with Crippen LogP contribution in [0.25, 0.3) is 100 Å². The van der Waals surface area contributed by atoms with Gasteiger partial charge in [0.15, 0.2) is 5.82 Å². The van der Waals surface area contributed by atoms with E-state index in [4.69, 9.17) is 14.4 Å². The molecular weight excluding hydrogens is 741 g/mol. The molecule has 2 aliphatic rings. The van der Waals surface area contributed by atoms with Crippen molar-refractivity contribution >= 4 is 21.9 Å². The monoisotopic (exact) mass is 782 g/mol. The molecule has 290 valence electrons. The van der Waals surface area contributed by atoms with E-state index in [1.54, 1.807) is 0 Å². The molecule has 0 saturated carbocycles.